The predicted octanol–water partition coefficient (Wildman–Crippen LogP) is 8.41. The lowest BCUT2D eigenvalue weighted by atomic mass is 9.92. The van der Waals surface area contributed by atoms with Crippen molar-refractivity contribution in [2.24, 2.45) is 0 Å². The lowest BCUT2D eigenvalue weighted by Gasteiger charge is -2.26. The first-order valence-corrected chi connectivity index (χ1v) is 17.9. The summed E-state index contributed by atoms with van der Waals surface area (Å²) in [4.78, 5) is 0.171. The van der Waals surface area contributed by atoms with Crippen LogP contribution >= 0.6 is 7.14 Å². The van der Waals surface area contributed by atoms with Crippen molar-refractivity contribution >= 4 is 60.3 Å². The van der Waals surface area contributed by atoms with Gasteiger partial charge >= 0.3 is 0 Å². The van der Waals surface area contributed by atoms with E-state index < -0.39 is 17.2 Å². The van der Waals surface area contributed by atoms with Gasteiger partial charge in [-0.3, -0.25) is 4.72 Å². The zero-order chi connectivity index (χ0) is 31.0. The van der Waals surface area contributed by atoms with Gasteiger partial charge in [0.2, 0.25) is 0 Å². The van der Waals surface area contributed by atoms with Crippen molar-refractivity contribution in [3.8, 4) is 11.1 Å². The number of hydrogen-bond acceptors (Lipinski definition) is 3. The van der Waals surface area contributed by atoms with Crippen LogP contribution in [0.3, 0.4) is 0 Å². The molecule has 0 aliphatic rings. The second kappa shape index (κ2) is 11.5. The Morgan fingerprint density at radius 1 is 0.511 bits per heavy atom. The van der Waals surface area contributed by atoms with Crippen molar-refractivity contribution < 1.29 is 13.0 Å². The molecule has 0 aromatic heterocycles. The highest BCUT2D eigenvalue weighted by molar-refractivity contribution is 7.92. The normalized spacial score (nSPS) is 11.9. The van der Waals surface area contributed by atoms with Crippen LogP contribution in [0.1, 0.15) is 5.56 Å². The third kappa shape index (κ3) is 5.14. The van der Waals surface area contributed by atoms with Crippen LogP contribution < -0.4 is 20.6 Å². The summed E-state index contributed by atoms with van der Waals surface area (Å²) >= 11 is 0. The summed E-state index contributed by atoms with van der Waals surface area (Å²) < 4.78 is 46.5. The Labute approximate surface area is 263 Å². The summed E-state index contributed by atoms with van der Waals surface area (Å²) in [6.45, 7) is 1.92. The molecule has 0 heterocycles. The molecular weight excluding hydrogens is 593 g/mol. The molecule has 0 aliphatic carbocycles. The van der Waals surface area contributed by atoms with Crippen LogP contribution in [0, 0.1) is 6.92 Å². The summed E-state index contributed by atoms with van der Waals surface area (Å²) in [7, 11) is -7.43. The molecule has 0 fully saturated rings. The third-order valence-electron chi connectivity index (χ3n) is 8.24. The van der Waals surface area contributed by atoms with E-state index in [0.29, 0.717) is 27.2 Å². The van der Waals surface area contributed by atoms with E-state index in [1.165, 1.54) is 0 Å². The summed E-state index contributed by atoms with van der Waals surface area (Å²) in [6, 6.07) is 49.5. The van der Waals surface area contributed by atoms with E-state index in [1.54, 1.807) is 24.3 Å². The molecule has 4 nitrogen and oxygen atoms in total. The third-order valence-corrected chi connectivity index (χ3v) is 12.7. The Hall–Kier alpha value is -4.96. The zero-order valence-electron chi connectivity index (χ0n) is 24.6. The van der Waals surface area contributed by atoms with E-state index in [2.05, 4.69) is 4.72 Å². The lowest BCUT2D eigenvalue weighted by molar-refractivity contribution is 0.592. The Morgan fingerprint density at radius 3 is 1.58 bits per heavy atom. The number of fused-ring (bicyclic) bond motifs is 2. The van der Waals surface area contributed by atoms with E-state index in [9.17, 15) is 8.42 Å². The molecule has 220 valence electrons. The van der Waals surface area contributed by atoms with Gasteiger partial charge in [-0.05, 0) is 52.7 Å². The first-order chi connectivity index (χ1) is 21.9. The summed E-state index contributed by atoms with van der Waals surface area (Å²) in [5.74, 6) is 0. The Bertz CT molecular complexity index is 2290. The number of sulfonamides is 1. The number of nitrogens with one attached hydrogen (secondary N) is 1. The van der Waals surface area contributed by atoms with Gasteiger partial charge in [-0.1, -0.05) is 139 Å². The van der Waals surface area contributed by atoms with Crippen LogP contribution in [0.5, 0.6) is 0 Å². The molecule has 7 aromatic rings. The largest absolute Gasteiger partial charge is 0.309 e. The van der Waals surface area contributed by atoms with Gasteiger partial charge in [0.15, 0.2) is 7.14 Å². The molecule has 0 atom stereocenters. The Kier molecular flexibility index (Phi) is 7.37. The maximum atomic E-state index is 15.9. The minimum Gasteiger partial charge on any atom is -0.309 e. The highest BCUT2D eigenvalue weighted by atomic mass is 32.2. The maximum absolute atomic E-state index is 15.9. The van der Waals surface area contributed by atoms with E-state index >= 15 is 4.57 Å². The van der Waals surface area contributed by atoms with Crippen LogP contribution in [-0.4, -0.2) is 8.42 Å². The topological polar surface area (TPSA) is 63.2 Å². The predicted molar refractivity (Wildman–Crippen MR) is 188 cm³/mol. The van der Waals surface area contributed by atoms with Gasteiger partial charge in [-0.25, -0.2) is 8.42 Å². The second-order valence-electron chi connectivity index (χ2n) is 11.1. The number of benzene rings is 7. The van der Waals surface area contributed by atoms with Gasteiger partial charge in [0.1, 0.15) is 0 Å². The molecule has 0 saturated heterocycles. The summed E-state index contributed by atoms with van der Waals surface area (Å²) in [6.07, 6.45) is 0. The van der Waals surface area contributed by atoms with E-state index in [4.69, 9.17) is 0 Å². The molecule has 6 heteroatoms. The smallest absolute Gasteiger partial charge is 0.261 e. The number of rotatable bonds is 7. The molecule has 0 aliphatic heterocycles. The van der Waals surface area contributed by atoms with Crippen LogP contribution in [0.25, 0.3) is 32.7 Å². The van der Waals surface area contributed by atoms with Crippen molar-refractivity contribution in [3.05, 3.63) is 163 Å². The second-order valence-corrected chi connectivity index (χ2v) is 15.5. The molecule has 7 aromatic carbocycles. The zero-order valence-corrected chi connectivity index (χ0v) is 26.3. The highest BCUT2D eigenvalue weighted by Gasteiger charge is 2.34. The number of anilines is 1. The molecule has 0 radical (unpaired) electrons. The molecule has 0 bridgehead atoms. The fourth-order valence-electron chi connectivity index (χ4n) is 6.04. The maximum Gasteiger partial charge on any atom is 0.261 e. The quantitative estimate of drug-likeness (QED) is 0.181. The van der Waals surface area contributed by atoms with E-state index in [-0.39, 0.29) is 4.90 Å². The minimum atomic E-state index is -3.95. The van der Waals surface area contributed by atoms with Crippen molar-refractivity contribution in [2.75, 3.05) is 4.72 Å². The molecule has 1 N–H and O–H groups in total. The van der Waals surface area contributed by atoms with Gasteiger partial charge in [-0.2, -0.15) is 0 Å². The molecule has 0 unspecified atom stereocenters. The van der Waals surface area contributed by atoms with Crippen LogP contribution in [-0.2, 0) is 14.6 Å². The molecule has 45 heavy (non-hydrogen) atoms. The van der Waals surface area contributed by atoms with Gasteiger partial charge in [0.05, 0.1) is 10.6 Å². The summed E-state index contributed by atoms with van der Waals surface area (Å²) in [5, 5.41) is 5.69. The van der Waals surface area contributed by atoms with Crippen molar-refractivity contribution in [1.82, 2.24) is 0 Å². The fraction of sp³-hybridized carbons (Fsp3) is 0.0256. The lowest BCUT2D eigenvalue weighted by Crippen LogP contribution is -2.26. The monoisotopic (exact) mass is 623 g/mol. The Morgan fingerprint density at radius 2 is 1.00 bits per heavy atom. The van der Waals surface area contributed by atoms with Crippen LogP contribution in [0.4, 0.5) is 5.69 Å². The SMILES string of the molecule is Cc1ccc(S(=O)(=O)Nc2ccc3ccccc3c2-c2c(P(=O)(c3ccccc3)c3ccccc3)ccc3ccccc23)cc1. The molecule has 0 spiro atoms. The van der Waals surface area contributed by atoms with Crippen molar-refractivity contribution in [1.29, 1.82) is 0 Å². The standard InChI is InChI=1S/C39H30NO3PS/c1-28-20-24-33(25-21-28)45(42,43)40-36-26-22-29-12-8-10-18-34(29)38(36)39-35-19-11-9-13-30(35)23-27-37(39)44(41,31-14-4-2-5-15-31)32-16-6-3-7-17-32/h2-27,40H,1H3. The molecule has 7 rings (SSSR count). The van der Waals surface area contributed by atoms with E-state index in [1.807, 2.05) is 140 Å². The summed E-state index contributed by atoms with van der Waals surface area (Å²) in [5.41, 5.74) is 2.81. The van der Waals surface area contributed by atoms with Crippen molar-refractivity contribution in [3.63, 3.8) is 0 Å². The van der Waals surface area contributed by atoms with Crippen molar-refractivity contribution in [2.45, 2.75) is 11.8 Å². The molecular formula is C39H30NO3PS. The number of hydrogen-bond donors (Lipinski definition) is 1. The first-order valence-electron chi connectivity index (χ1n) is 14.7. The molecule has 0 saturated carbocycles. The van der Waals surface area contributed by atoms with Crippen LogP contribution in [0.15, 0.2) is 163 Å². The molecule has 0 amide bonds. The van der Waals surface area contributed by atoms with Crippen LogP contribution in [0.2, 0.25) is 0 Å². The van der Waals surface area contributed by atoms with Gasteiger partial charge in [0.25, 0.3) is 10.0 Å². The minimum absolute atomic E-state index is 0.171. The first kappa shape index (κ1) is 28.8. The average molecular weight is 624 g/mol. The van der Waals surface area contributed by atoms with Gasteiger partial charge in [0, 0.05) is 27.0 Å². The highest BCUT2D eigenvalue weighted by Crippen LogP contribution is 2.49. The Balaban J connectivity index is 1.60. The number of aryl methyl sites for hydroxylation is 1. The van der Waals surface area contributed by atoms with Gasteiger partial charge < -0.3 is 4.57 Å². The van der Waals surface area contributed by atoms with E-state index in [0.717, 1.165) is 32.7 Å². The average Bonchev–Trinajstić information content (AvgIpc) is 3.08. The fourth-order valence-corrected chi connectivity index (χ4v) is 9.98. The van der Waals surface area contributed by atoms with Gasteiger partial charge in [-0.15, -0.1) is 0 Å².